The number of hydrogen-bond acceptors (Lipinski definition) is 4. The van der Waals surface area contributed by atoms with Gasteiger partial charge in [-0.25, -0.2) is 0 Å². The van der Waals surface area contributed by atoms with Gasteiger partial charge >= 0.3 is 5.97 Å². The number of carbonyl (C=O) groups is 2. The first-order valence-electron chi connectivity index (χ1n) is 9.03. The maximum Gasteiger partial charge on any atom is 0.303 e. The topological polar surface area (TPSA) is 91.0 Å². The third-order valence-electron chi connectivity index (χ3n) is 4.27. The molecular weight excluding hydrogens is 370 g/mol. The Morgan fingerprint density at radius 3 is 2.96 bits per heavy atom. The molecule has 1 aliphatic rings. The Morgan fingerprint density at radius 2 is 2.26 bits per heavy atom. The monoisotopic (exact) mass is 393 g/mol. The van der Waals surface area contributed by atoms with Crippen molar-refractivity contribution in [2.45, 2.75) is 57.1 Å². The second-order valence-corrected chi connectivity index (χ2v) is 6.82. The van der Waals surface area contributed by atoms with Crippen molar-refractivity contribution in [2.75, 3.05) is 6.54 Å². The molecule has 1 amide bonds. The molecule has 0 bridgehead atoms. The molecule has 1 aromatic heterocycles. The zero-order valence-corrected chi connectivity index (χ0v) is 15.8. The highest BCUT2D eigenvalue weighted by Crippen LogP contribution is 2.20. The summed E-state index contributed by atoms with van der Waals surface area (Å²) in [5, 5.41) is 19.0. The van der Waals surface area contributed by atoms with Crippen molar-refractivity contribution in [3.63, 3.8) is 0 Å². The number of carboxylic acids is 1. The molecule has 7 heteroatoms. The highest BCUT2D eigenvalue weighted by Gasteiger charge is 2.25. The van der Waals surface area contributed by atoms with Crippen molar-refractivity contribution in [3.8, 4) is 11.8 Å². The summed E-state index contributed by atoms with van der Waals surface area (Å²) >= 11 is 5.72. The van der Waals surface area contributed by atoms with Crippen LogP contribution in [0.4, 0.5) is 0 Å². The second kappa shape index (κ2) is 10.8. The van der Waals surface area contributed by atoms with Gasteiger partial charge in [0.1, 0.15) is 5.76 Å². The molecule has 0 aromatic carbocycles. The number of nitrogens with zero attached hydrogens (tertiary/aromatic N) is 1. The maximum atomic E-state index is 12.2. The number of piperidine rings is 1. The number of aliphatic hydroxyl groups is 1. The van der Waals surface area contributed by atoms with Crippen molar-refractivity contribution in [2.24, 2.45) is 0 Å². The minimum Gasteiger partial charge on any atom is -0.481 e. The van der Waals surface area contributed by atoms with Crippen LogP contribution in [0.5, 0.6) is 0 Å². The summed E-state index contributed by atoms with van der Waals surface area (Å²) in [4.78, 5) is 24.4. The van der Waals surface area contributed by atoms with E-state index >= 15 is 0 Å². The van der Waals surface area contributed by atoms with E-state index in [-0.39, 0.29) is 23.6 Å². The van der Waals surface area contributed by atoms with Gasteiger partial charge in [-0.1, -0.05) is 18.1 Å². The smallest absolute Gasteiger partial charge is 0.303 e. The number of rotatable bonds is 8. The first-order chi connectivity index (χ1) is 13.0. The second-order valence-electron chi connectivity index (χ2n) is 6.44. The molecule has 1 aromatic rings. The van der Waals surface area contributed by atoms with Gasteiger partial charge in [-0.2, -0.15) is 0 Å². The number of furan rings is 1. The Labute approximate surface area is 163 Å². The van der Waals surface area contributed by atoms with E-state index in [9.17, 15) is 14.7 Å². The third-order valence-corrected chi connectivity index (χ3v) is 4.48. The maximum absolute atomic E-state index is 12.2. The van der Waals surface area contributed by atoms with Crippen molar-refractivity contribution in [3.05, 3.63) is 35.3 Å². The van der Waals surface area contributed by atoms with Crippen LogP contribution in [-0.4, -0.2) is 45.7 Å². The molecule has 0 radical (unpaired) electrons. The summed E-state index contributed by atoms with van der Waals surface area (Å²) in [6, 6.07) is 3.24. The van der Waals surface area contributed by atoms with E-state index in [4.69, 9.17) is 21.1 Å². The average molecular weight is 394 g/mol. The molecule has 1 fully saturated rings. The van der Waals surface area contributed by atoms with Crippen LogP contribution in [0.25, 0.3) is 0 Å². The molecule has 1 unspecified atom stereocenters. The molecular formula is C20H24ClNO5. The molecule has 1 saturated heterocycles. The molecule has 2 N–H and O–H groups in total. The zero-order valence-electron chi connectivity index (χ0n) is 15.1. The van der Waals surface area contributed by atoms with Crippen molar-refractivity contribution in [1.82, 2.24) is 4.90 Å². The summed E-state index contributed by atoms with van der Waals surface area (Å²) in [7, 11) is 0. The van der Waals surface area contributed by atoms with Gasteiger partial charge in [0.05, 0.1) is 18.7 Å². The van der Waals surface area contributed by atoms with Crippen LogP contribution in [0, 0.1) is 11.8 Å². The average Bonchev–Trinajstić information content (AvgIpc) is 3.02. The highest BCUT2D eigenvalue weighted by molar-refractivity contribution is 6.28. The molecule has 2 heterocycles. The molecule has 2 atom stereocenters. The van der Waals surface area contributed by atoms with E-state index in [0.717, 1.165) is 12.8 Å². The lowest BCUT2D eigenvalue weighted by Crippen LogP contribution is -2.42. The number of carboxylic acid groups (broad SMARTS) is 1. The van der Waals surface area contributed by atoms with Crippen LogP contribution >= 0.6 is 11.6 Å². The van der Waals surface area contributed by atoms with Crippen molar-refractivity contribution in [1.29, 1.82) is 0 Å². The molecule has 0 spiro atoms. The van der Waals surface area contributed by atoms with Crippen LogP contribution < -0.4 is 0 Å². The van der Waals surface area contributed by atoms with Crippen LogP contribution in [0.3, 0.4) is 0 Å². The number of halogens is 1. The van der Waals surface area contributed by atoms with E-state index in [1.807, 2.05) is 6.08 Å². The predicted octanol–water partition coefficient (Wildman–Crippen LogP) is 3.03. The Kier molecular flexibility index (Phi) is 8.43. The van der Waals surface area contributed by atoms with Crippen LogP contribution in [0.15, 0.2) is 28.7 Å². The van der Waals surface area contributed by atoms with Crippen molar-refractivity contribution < 1.29 is 24.2 Å². The minimum absolute atomic E-state index is 0.0445. The van der Waals surface area contributed by atoms with Crippen LogP contribution in [0.1, 0.15) is 44.3 Å². The molecule has 2 rings (SSSR count). The fourth-order valence-corrected chi connectivity index (χ4v) is 3.06. The van der Waals surface area contributed by atoms with E-state index < -0.39 is 12.1 Å². The highest BCUT2D eigenvalue weighted by atomic mass is 35.5. The van der Waals surface area contributed by atoms with Gasteiger partial charge in [-0.3, -0.25) is 9.59 Å². The summed E-state index contributed by atoms with van der Waals surface area (Å²) in [5.41, 5.74) is 0. The number of unbranched alkanes of at least 4 members (excludes halogenated alkanes) is 1. The summed E-state index contributed by atoms with van der Waals surface area (Å²) in [6.07, 6.45) is 6.33. The normalized spacial score (nSPS) is 18.4. The Hall–Kier alpha value is -2.23. The van der Waals surface area contributed by atoms with Crippen molar-refractivity contribution >= 4 is 23.5 Å². The number of hydrogen-bond donors (Lipinski definition) is 2. The molecule has 1 aliphatic heterocycles. The quantitative estimate of drug-likeness (QED) is 0.402. The fraction of sp³-hybridized carbons (Fsp3) is 0.500. The van der Waals surface area contributed by atoms with E-state index in [1.54, 1.807) is 23.1 Å². The Balaban J connectivity index is 1.87. The number of aliphatic carboxylic acids is 1. The Morgan fingerprint density at radius 1 is 1.44 bits per heavy atom. The Bertz CT molecular complexity index is 730. The van der Waals surface area contributed by atoms with Gasteiger partial charge in [-0.05, 0) is 43.0 Å². The first-order valence-corrected chi connectivity index (χ1v) is 9.41. The van der Waals surface area contributed by atoms with E-state index in [2.05, 4.69) is 11.8 Å². The SMILES string of the molecule is O=C(O)CCCC#CCN1C(=O)CCC[C@@H]1/C=C/C(O)Cc1ccc(Cl)o1. The molecule has 0 saturated carbocycles. The largest absolute Gasteiger partial charge is 0.481 e. The summed E-state index contributed by atoms with van der Waals surface area (Å²) in [6.45, 7) is 0.310. The van der Waals surface area contributed by atoms with Gasteiger partial charge < -0.3 is 19.5 Å². The van der Waals surface area contributed by atoms with Gasteiger partial charge in [0.15, 0.2) is 5.22 Å². The number of aliphatic hydroxyl groups excluding tert-OH is 1. The van der Waals surface area contributed by atoms with E-state index in [1.165, 1.54) is 0 Å². The standard InChI is InChI=1S/C20H24ClNO5/c21-18-12-11-17(27-18)14-16(23)10-9-15-6-5-7-19(24)22(15)13-4-2-1-3-8-20(25)26/h9-12,15-16,23H,1,3,5-8,13-14H2,(H,25,26)/b10-9+/t15-,16?/m1/s1. The zero-order chi connectivity index (χ0) is 19.6. The molecule has 27 heavy (non-hydrogen) atoms. The summed E-state index contributed by atoms with van der Waals surface area (Å²) in [5.74, 6) is 5.69. The van der Waals surface area contributed by atoms with Gasteiger partial charge in [0.25, 0.3) is 0 Å². The lowest BCUT2D eigenvalue weighted by Gasteiger charge is -2.32. The number of carbonyl (C=O) groups excluding carboxylic acids is 1. The van der Waals surface area contributed by atoms with Gasteiger partial charge in [0.2, 0.25) is 5.91 Å². The summed E-state index contributed by atoms with van der Waals surface area (Å²) < 4.78 is 5.24. The first kappa shape index (κ1) is 21.1. The lowest BCUT2D eigenvalue weighted by molar-refractivity contribution is -0.137. The van der Waals surface area contributed by atoms with Gasteiger partial charge in [0, 0.05) is 25.7 Å². The van der Waals surface area contributed by atoms with Crippen LogP contribution in [-0.2, 0) is 16.0 Å². The molecule has 0 aliphatic carbocycles. The van der Waals surface area contributed by atoms with Crippen LogP contribution in [0.2, 0.25) is 5.22 Å². The van der Waals surface area contributed by atoms with Gasteiger partial charge in [-0.15, -0.1) is 5.92 Å². The number of amides is 1. The predicted molar refractivity (Wildman–Crippen MR) is 101 cm³/mol. The molecule has 6 nitrogen and oxygen atoms in total. The third kappa shape index (κ3) is 7.49. The number of likely N-dealkylation sites (tertiary alicyclic amines) is 1. The lowest BCUT2D eigenvalue weighted by atomic mass is 10.00. The fourth-order valence-electron chi connectivity index (χ4n) is 2.90. The minimum atomic E-state index is -0.830. The molecule has 146 valence electrons. The van der Waals surface area contributed by atoms with E-state index in [0.29, 0.717) is 38.0 Å².